The van der Waals surface area contributed by atoms with E-state index in [-0.39, 0.29) is 5.84 Å². The van der Waals surface area contributed by atoms with Crippen molar-refractivity contribution in [3.8, 4) is 22.5 Å². The summed E-state index contributed by atoms with van der Waals surface area (Å²) in [5, 5.41) is 13.7. The van der Waals surface area contributed by atoms with Gasteiger partial charge in [0.25, 0.3) is 0 Å². The zero-order valence-electron chi connectivity index (χ0n) is 30.5. The Bertz CT molecular complexity index is 3080. The Morgan fingerprint density at radius 2 is 0.929 bits per heavy atom. The van der Waals surface area contributed by atoms with Crippen LogP contribution in [0.5, 0.6) is 0 Å². The number of para-hydroxylation sites is 3. The molecular weight excluding hydrogens is 683 g/mol. The molecule has 3 N–H and O–H groups in total. The SMILES string of the molecule is N=C(/N=C(/c1ccc(-n2c3ccccc3c3ccc(-c4ccc5c(c4)c4ccccc4n5-c4ccccc4)cc32)cc1)[C@H](N)c1ccccc1)c1ccccc1. The molecule has 2 heterocycles. The number of aromatic nitrogens is 2. The smallest absolute Gasteiger partial charge is 0.152 e. The van der Waals surface area contributed by atoms with Crippen LogP contribution < -0.4 is 5.73 Å². The van der Waals surface area contributed by atoms with Crippen LogP contribution in [0.15, 0.2) is 205 Å². The number of hydrogen-bond acceptors (Lipinski definition) is 2. The molecule has 0 unspecified atom stereocenters. The minimum Gasteiger partial charge on any atom is -0.319 e. The van der Waals surface area contributed by atoms with Crippen LogP contribution in [0.25, 0.3) is 66.1 Å². The first-order valence-corrected chi connectivity index (χ1v) is 18.9. The number of nitrogens with two attached hydrogens (primary N) is 1. The van der Waals surface area contributed by atoms with Gasteiger partial charge in [-0.05, 0) is 76.9 Å². The molecule has 10 aromatic rings. The highest BCUT2D eigenvalue weighted by atomic mass is 15.0. The number of amidine groups is 1. The molecule has 2 aromatic heterocycles. The van der Waals surface area contributed by atoms with Crippen LogP contribution in [0.3, 0.4) is 0 Å². The van der Waals surface area contributed by atoms with Crippen LogP contribution in [0, 0.1) is 5.41 Å². The lowest BCUT2D eigenvalue weighted by atomic mass is 9.96. The first-order valence-electron chi connectivity index (χ1n) is 18.9. The Hall–Kier alpha value is -7.34. The molecule has 56 heavy (non-hydrogen) atoms. The predicted octanol–water partition coefficient (Wildman–Crippen LogP) is 12.1. The summed E-state index contributed by atoms with van der Waals surface area (Å²) in [6.07, 6.45) is 0. The van der Waals surface area contributed by atoms with E-state index in [9.17, 15) is 0 Å². The molecule has 0 aliphatic carbocycles. The zero-order chi connectivity index (χ0) is 37.6. The Labute approximate surface area is 324 Å². The molecule has 0 saturated carbocycles. The topological polar surface area (TPSA) is 72.1 Å². The molecule has 0 aliphatic heterocycles. The van der Waals surface area contributed by atoms with Crippen molar-refractivity contribution in [2.75, 3.05) is 0 Å². The van der Waals surface area contributed by atoms with Crippen molar-refractivity contribution in [3.63, 3.8) is 0 Å². The van der Waals surface area contributed by atoms with Crippen LogP contribution in [0.1, 0.15) is 22.7 Å². The lowest BCUT2D eigenvalue weighted by Crippen LogP contribution is -2.24. The lowest BCUT2D eigenvalue weighted by Gasteiger charge is -2.17. The summed E-state index contributed by atoms with van der Waals surface area (Å²) >= 11 is 0. The highest BCUT2D eigenvalue weighted by Crippen LogP contribution is 2.38. The van der Waals surface area contributed by atoms with E-state index < -0.39 is 6.04 Å². The van der Waals surface area contributed by atoms with Crippen molar-refractivity contribution in [1.29, 1.82) is 5.41 Å². The van der Waals surface area contributed by atoms with Gasteiger partial charge in [-0.15, -0.1) is 0 Å². The third-order valence-electron chi connectivity index (χ3n) is 10.8. The third kappa shape index (κ3) is 5.70. The Morgan fingerprint density at radius 3 is 1.62 bits per heavy atom. The molecule has 1 atom stereocenters. The highest BCUT2D eigenvalue weighted by Gasteiger charge is 2.19. The van der Waals surface area contributed by atoms with Crippen molar-refractivity contribution in [2.24, 2.45) is 10.7 Å². The first-order chi connectivity index (χ1) is 27.6. The van der Waals surface area contributed by atoms with E-state index in [0.29, 0.717) is 5.71 Å². The maximum Gasteiger partial charge on any atom is 0.152 e. The van der Waals surface area contributed by atoms with Crippen molar-refractivity contribution in [3.05, 3.63) is 217 Å². The second kappa shape index (κ2) is 13.8. The van der Waals surface area contributed by atoms with Gasteiger partial charge in [-0.2, -0.15) is 0 Å². The van der Waals surface area contributed by atoms with Gasteiger partial charge < -0.3 is 14.9 Å². The van der Waals surface area contributed by atoms with E-state index in [1.807, 2.05) is 60.7 Å². The van der Waals surface area contributed by atoms with Gasteiger partial charge in [-0.3, -0.25) is 5.41 Å². The van der Waals surface area contributed by atoms with E-state index in [0.717, 1.165) is 44.7 Å². The van der Waals surface area contributed by atoms with Crippen LogP contribution in [0.2, 0.25) is 0 Å². The van der Waals surface area contributed by atoms with E-state index in [1.54, 1.807) is 0 Å². The molecule has 5 heteroatoms. The summed E-state index contributed by atoms with van der Waals surface area (Å²) in [4.78, 5) is 4.86. The van der Waals surface area contributed by atoms with Gasteiger partial charge in [-0.25, -0.2) is 4.99 Å². The average molecular weight is 720 g/mol. The molecule has 0 amide bonds. The summed E-state index contributed by atoms with van der Waals surface area (Å²) in [5.41, 5.74) is 19.2. The van der Waals surface area contributed by atoms with Gasteiger partial charge in [-0.1, -0.05) is 146 Å². The van der Waals surface area contributed by atoms with Gasteiger partial charge in [0.1, 0.15) is 0 Å². The fourth-order valence-electron chi connectivity index (χ4n) is 8.13. The fourth-order valence-corrected chi connectivity index (χ4v) is 8.13. The van der Waals surface area contributed by atoms with Crippen molar-refractivity contribution in [1.82, 2.24) is 9.13 Å². The normalized spacial score (nSPS) is 12.5. The van der Waals surface area contributed by atoms with E-state index in [2.05, 4.69) is 149 Å². The average Bonchev–Trinajstić information content (AvgIpc) is 3.78. The number of benzene rings is 8. The molecule has 10 rings (SSSR count). The Balaban J connectivity index is 1.09. The van der Waals surface area contributed by atoms with E-state index in [1.165, 1.54) is 38.1 Å². The maximum absolute atomic E-state index is 8.87. The van der Waals surface area contributed by atoms with Crippen molar-refractivity contribution >= 4 is 55.2 Å². The summed E-state index contributed by atoms with van der Waals surface area (Å²) in [6, 6.07) is 69.0. The number of rotatable bonds is 7. The summed E-state index contributed by atoms with van der Waals surface area (Å²) in [5.74, 6) is 0.175. The van der Waals surface area contributed by atoms with Crippen LogP contribution in [-0.2, 0) is 0 Å². The number of nitrogens with one attached hydrogen (secondary N) is 1. The van der Waals surface area contributed by atoms with Crippen LogP contribution in [-0.4, -0.2) is 20.7 Å². The fraction of sp³-hybridized carbons (Fsp3) is 0.0196. The summed E-state index contributed by atoms with van der Waals surface area (Å²) in [7, 11) is 0. The minimum atomic E-state index is -0.513. The first kappa shape index (κ1) is 33.2. The lowest BCUT2D eigenvalue weighted by molar-refractivity contribution is 0.960. The van der Waals surface area contributed by atoms with Gasteiger partial charge >= 0.3 is 0 Å². The second-order valence-corrected chi connectivity index (χ2v) is 14.2. The largest absolute Gasteiger partial charge is 0.319 e. The summed E-state index contributed by atoms with van der Waals surface area (Å²) in [6.45, 7) is 0. The van der Waals surface area contributed by atoms with Crippen LogP contribution >= 0.6 is 0 Å². The quantitative estimate of drug-likeness (QED) is 0.125. The molecule has 8 aromatic carbocycles. The predicted molar refractivity (Wildman–Crippen MR) is 234 cm³/mol. The van der Waals surface area contributed by atoms with Gasteiger partial charge in [0.05, 0.1) is 33.8 Å². The molecule has 0 radical (unpaired) electrons. The van der Waals surface area contributed by atoms with Gasteiger partial charge in [0.15, 0.2) is 5.84 Å². The van der Waals surface area contributed by atoms with E-state index in [4.69, 9.17) is 16.1 Å². The number of nitrogens with zero attached hydrogens (tertiary/aromatic N) is 3. The summed E-state index contributed by atoms with van der Waals surface area (Å²) < 4.78 is 4.70. The second-order valence-electron chi connectivity index (χ2n) is 14.2. The molecular formula is C51H37N5. The van der Waals surface area contributed by atoms with Gasteiger partial charge in [0.2, 0.25) is 0 Å². The number of fused-ring (bicyclic) bond motifs is 6. The maximum atomic E-state index is 8.87. The molecule has 5 nitrogen and oxygen atoms in total. The van der Waals surface area contributed by atoms with Gasteiger partial charge in [0, 0.05) is 38.5 Å². The molecule has 0 fully saturated rings. The molecule has 266 valence electrons. The standard InChI is InChI=1S/C51H37N5/c52-49(34-14-4-1-5-15-34)50(54-51(53)36-16-6-2-7-17-36)35-24-28-40(29-25-35)56-45-22-12-10-20-41(45)43-30-26-38(33-48(43)56)37-27-31-47-44(32-37)42-21-11-13-23-46(42)55(47)39-18-8-3-9-19-39/h1-33,49,53H,52H2/b53-51?,54-50-/t49-/m1/s1. The van der Waals surface area contributed by atoms with E-state index >= 15 is 0 Å². The van der Waals surface area contributed by atoms with Crippen molar-refractivity contribution < 1.29 is 0 Å². The Morgan fingerprint density at radius 1 is 0.429 bits per heavy atom. The third-order valence-corrected chi connectivity index (χ3v) is 10.8. The monoisotopic (exact) mass is 719 g/mol. The Kier molecular flexibility index (Phi) is 8.20. The highest BCUT2D eigenvalue weighted by molar-refractivity contribution is 6.15. The number of aliphatic imine (C=N–C) groups is 1. The van der Waals surface area contributed by atoms with Crippen molar-refractivity contribution in [2.45, 2.75) is 6.04 Å². The molecule has 0 bridgehead atoms. The molecule has 0 saturated heterocycles. The minimum absolute atomic E-state index is 0.175. The molecule has 0 aliphatic rings. The molecule has 0 spiro atoms. The zero-order valence-corrected chi connectivity index (χ0v) is 30.5. The number of hydrogen-bond donors (Lipinski definition) is 2. The van der Waals surface area contributed by atoms with Crippen LogP contribution in [0.4, 0.5) is 0 Å².